The maximum absolute atomic E-state index is 13.1. The molecule has 1 aliphatic carbocycles. The fourth-order valence-electron chi connectivity index (χ4n) is 4.46. The summed E-state index contributed by atoms with van der Waals surface area (Å²) in [5.74, 6) is 0.759. The summed E-state index contributed by atoms with van der Waals surface area (Å²) in [7, 11) is 0. The first-order chi connectivity index (χ1) is 14.1. The van der Waals surface area contributed by atoms with E-state index in [1.807, 2.05) is 6.92 Å². The Hall–Kier alpha value is -2.90. The van der Waals surface area contributed by atoms with Crippen molar-refractivity contribution in [2.45, 2.75) is 64.1 Å². The third kappa shape index (κ3) is 3.97. The number of hydrogen-bond acceptors (Lipinski definition) is 6. The Labute approximate surface area is 168 Å². The number of fused-ring (bicyclic) bond motifs is 1. The van der Waals surface area contributed by atoms with Gasteiger partial charge in [0.25, 0.3) is 5.91 Å². The van der Waals surface area contributed by atoms with Crippen molar-refractivity contribution in [1.29, 1.82) is 0 Å². The predicted molar refractivity (Wildman–Crippen MR) is 102 cm³/mol. The number of aromatic nitrogens is 2. The number of hydrogen-bond donors (Lipinski definition) is 1. The summed E-state index contributed by atoms with van der Waals surface area (Å²) in [4.78, 5) is 30.7. The summed E-state index contributed by atoms with van der Waals surface area (Å²) in [6, 6.07) is 6.06. The van der Waals surface area contributed by atoms with Gasteiger partial charge in [-0.15, -0.1) is 0 Å². The second kappa shape index (κ2) is 8.23. The number of carbonyl (C=O) groups excluding carboxylic acids is 1. The van der Waals surface area contributed by atoms with Crippen LogP contribution in [-0.2, 0) is 17.8 Å². The molecule has 1 saturated heterocycles. The van der Waals surface area contributed by atoms with E-state index in [1.54, 1.807) is 29.2 Å². The predicted octanol–water partition coefficient (Wildman–Crippen LogP) is 3.07. The number of carboxylic acids is 1. The molecule has 0 radical (unpaired) electrons. The quantitative estimate of drug-likeness (QED) is 0.796. The zero-order valence-corrected chi connectivity index (χ0v) is 16.4. The number of nitrogens with zero attached hydrogens (tertiary/aromatic N) is 3. The Balaban J connectivity index is 1.44. The van der Waals surface area contributed by atoms with Crippen molar-refractivity contribution in [3.05, 3.63) is 41.5 Å². The first kappa shape index (κ1) is 19.4. The van der Waals surface area contributed by atoms with E-state index in [-0.39, 0.29) is 18.6 Å². The number of carboxylic acid groups (broad SMARTS) is 1. The first-order valence-corrected chi connectivity index (χ1v) is 10.2. The Bertz CT molecular complexity index is 879. The van der Waals surface area contributed by atoms with Crippen LogP contribution in [0.4, 0.5) is 0 Å². The van der Waals surface area contributed by atoms with E-state index in [0.717, 1.165) is 25.7 Å². The second-order valence-corrected chi connectivity index (χ2v) is 7.68. The largest absolute Gasteiger partial charge is 0.485 e. The van der Waals surface area contributed by atoms with E-state index in [4.69, 9.17) is 9.26 Å². The summed E-state index contributed by atoms with van der Waals surface area (Å²) in [6.45, 7) is 2.10. The Morgan fingerprint density at radius 1 is 1.24 bits per heavy atom. The van der Waals surface area contributed by atoms with Crippen molar-refractivity contribution in [1.82, 2.24) is 15.0 Å². The molecule has 1 N–H and O–H groups in total. The molecule has 3 unspecified atom stereocenters. The van der Waals surface area contributed by atoms with Gasteiger partial charge in [0, 0.05) is 18.0 Å². The number of carbonyl (C=O) groups is 2. The first-order valence-electron chi connectivity index (χ1n) is 10.2. The minimum absolute atomic E-state index is 0.0271. The Kier molecular flexibility index (Phi) is 5.51. The minimum atomic E-state index is -0.917. The minimum Gasteiger partial charge on any atom is -0.485 e. The van der Waals surface area contributed by atoms with Crippen molar-refractivity contribution >= 4 is 11.9 Å². The highest BCUT2D eigenvalue weighted by Crippen LogP contribution is 2.40. The topological polar surface area (TPSA) is 106 Å². The van der Waals surface area contributed by atoms with Gasteiger partial charge >= 0.3 is 5.97 Å². The van der Waals surface area contributed by atoms with Crippen LogP contribution in [-0.4, -0.2) is 44.1 Å². The van der Waals surface area contributed by atoms with Gasteiger partial charge in [0.2, 0.25) is 11.7 Å². The molecule has 1 saturated carbocycles. The lowest BCUT2D eigenvalue weighted by molar-refractivity contribution is -0.141. The van der Waals surface area contributed by atoms with Crippen molar-refractivity contribution in [2.75, 3.05) is 0 Å². The molecule has 8 nitrogen and oxygen atoms in total. The van der Waals surface area contributed by atoms with Crippen LogP contribution in [0.15, 0.2) is 28.8 Å². The van der Waals surface area contributed by atoms with Gasteiger partial charge in [0.15, 0.2) is 6.61 Å². The van der Waals surface area contributed by atoms with E-state index in [0.29, 0.717) is 41.8 Å². The molecule has 2 fully saturated rings. The highest BCUT2D eigenvalue weighted by atomic mass is 16.5. The molecule has 1 aromatic carbocycles. The number of likely N-dealkylation sites (tertiary alicyclic amines) is 1. The highest BCUT2D eigenvalue weighted by Gasteiger charge is 2.47. The molecule has 2 aliphatic rings. The SMILES string of the molecule is CCc1nc(COc2ccc(C(=O)N3C(C(=O)O)CC4CCCCC43)cc2)no1. The fraction of sp³-hybridized carbons (Fsp3) is 0.524. The molecule has 1 aromatic heterocycles. The maximum atomic E-state index is 13.1. The number of aryl methyl sites for hydroxylation is 1. The third-order valence-corrected chi connectivity index (χ3v) is 5.89. The lowest BCUT2D eigenvalue weighted by Crippen LogP contribution is -2.46. The molecule has 0 bridgehead atoms. The molecule has 4 rings (SSSR count). The van der Waals surface area contributed by atoms with Crippen LogP contribution >= 0.6 is 0 Å². The molecule has 29 heavy (non-hydrogen) atoms. The summed E-state index contributed by atoms with van der Waals surface area (Å²) in [6.07, 6.45) is 5.26. The molecular weight excluding hydrogens is 374 g/mol. The molecule has 0 spiro atoms. The molecule has 3 atom stereocenters. The van der Waals surface area contributed by atoms with Crippen LogP contribution in [0.2, 0.25) is 0 Å². The van der Waals surface area contributed by atoms with Crippen LogP contribution in [0.3, 0.4) is 0 Å². The van der Waals surface area contributed by atoms with Gasteiger partial charge in [0.05, 0.1) is 0 Å². The standard InChI is InChI=1S/C21H25N3O5/c1-2-19-22-18(23-29-19)12-28-15-9-7-13(8-10-15)20(25)24-16-6-4-3-5-14(16)11-17(24)21(26)27/h7-10,14,16-17H,2-6,11-12H2,1H3,(H,26,27). The van der Waals surface area contributed by atoms with Gasteiger partial charge in [-0.2, -0.15) is 4.98 Å². The van der Waals surface area contributed by atoms with Gasteiger partial charge in [-0.25, -0.2) is 4.79 Å². The summed E-state index contributed by atoms with van der Waals surface area (Å²) < 4.78 is 10.7. The lowest BCUT2D eigenvalue weighted by atomic mass is 9.84. The van der Waals surface area contributed by atoms with Crippen LogP contribution in [0.5, 0.6) is 5.75 Å². The van der Waals surface area contributed by atoms with Crippen LogP contribution in [0, 0.1) is 5.92 Å². The highest BCUT2D eigenvalue weighted by molar-refractivity contribution is 5.97. The fourth-order valence-corrected chi connectivity index (χ4v) is 4.46. The summed E-state index contributed by atoms with van der Waals surface area (Å²) in [5, 5.41) is 13.5. The molecule has 1 aliphatic heterocycles. The summed E-state index contributed by atoms with van der Waals surface area (Å²) >= 11 is 0. The van der Waals surface area contributed by atoms with E-state index < -0.39 is 12.0 Å². The van der Waals surface area contributed by atoms with Crippen LogP contribution < -0.4 is 4.74 Å². The van der Waals surface area contributed by atoms with Gasteiger partial charge in [-0.1, -0.05) is 24.9 Å². The van der Waals surface area contributed by atoms with Crippen molar-refractivity contribution in [3.63, 3.8) is 0 Å². The third-order valence-electron chi connectivity index (χ3n) is 5.89. The number of amides is 1. The van der Waals surface area contributed by atoms with Gasteiger partial charge in [0.1, 0.15) is 11.8 Å². The smallest absolute Gasteiger partial charge is 0.326 e. The maximum Gasteiger partial charge on any atom is 0.326 e. The second-order valence-electron chi connectivity index (χ2n) is 7.68. The van der Waals surface area contributed by atoms with E-state index >= 15 is 0 Å². The number of aliphatic carboxylic acids is 1. The van der Waals surface area contributed by atoms with Crippen molar-refractivity contribution in [3.8, 4) is 5.75 Å². The van der Waals surface area contributed by atoms with Gasteiger partial charge in [-0.05, 0) is 49.4 Å². The monoisotopic (exact) mass is 399 g/mol. The Morgan fingerprint density at radius 2 is 2.00 bits per heavy atom. The van der Waals surface area contributed by atoms with Crippen molar-refractivity contribution < 1.29 is 24.0 Å². The molecule has 2 heterocycles. The molecule has 154 valence electrons. The number of benzene rings is 1. The van der Waals surface area contributed by atoms with E-state index in [9.17, 15) is 14.7 Å². The van der Waals surface area contributed by atoms with Gasteiger partial charge in [-0.3, -0.25) is 4.79 Å². The van der Waals surface area contributed by atoms with Gasteiger partial charge < -0.3 is 19.3 Å². The van der Waals surface area contributed by atoms with Crippen molar-refractivity contribution in [2.24, 2.45) is 5.92 Å². The lowest BCUT2D eigenvalue weighted by Gasteiger charge is -2.33. The molecule has 1 amide bonds. The summed E-state index contributed by atoms with van der Waals surface area (Å²) in [5.41, 5.74) is 0.475. The zero-order valence-electron chi connectivity index (χ0n) is 16.4. The molecule has 8 heteroatoms. The van der Waals surface area contributed by atoms with E-state index in [1.165, 1.54) is 0 Å². The zero-order chi connectivity index (χ0) is 20.4. The average molecular weight is 399 g/mol. The average Bonchev–Trinajstić information content (AvgIpc) is 3.36. The molecule has 2 aromatic rings. The van der Waals surface area contributed by atoms with Crippen LogP contribution in [0.25, 0.3) is 0 Å². The van der Waals surface area contributed by atoms with Crippen LogP contribution in [0.1, 0.15) is 61.1 Å². The number of rotatable bonds is 6. The normalized spacial score (nSPS) is 23.6. The number of ether oxygens (including phenoxy) is 1. The van der Waals surface area contributed by atoms with E-state index in [2.05, 4.69) is 10.1 Å². The molecular formula is C21H25N3O5. The Morgan fingerprint density at radius 3 is 2.69 bits per heavy atom.